The minimum absolute atomic E-state index is 0.161. The molecule has 1 aromatic carbocycles. The maximum Gasteiger partial charge on any atom is 0.0640 e. The molecule has 0 saturated heterocycles. The van der Waals surface area contributed by atoms with Gasteiger partial charge in [-0.15, -0.1) is 0 Å². The van der Waals surface area contributed by atoms with Gasteiger partial charge in [-0.05, 0) is 18.1 Å². The molecule has 0 spiro atoms. The van der Waals surface area contributed by atoms with Gasteiger partial charge in [-0.3, -0.25) is 0 Å². The molecule has 0 aromatic heterocycles. The van der Waals surface area contributed by atoms with E-state index in [0.717, 1.165) is 12.0 Å². The van der Waals surface area contributed by atoms with Gasteiger partial charge in [-0.1, -0.05) is 42.3 Å². The van der Waals surface area contributed by atoms with Gasteiger partial charge in [0.25, 0.3) is 0 Å². The van der Waals surface area contributed by atoms with E-state index in [-0.39, 0.29) is 6.04 Å². The Bertz CT molecular complexity index is 287. The average molecular weight is 220 g/mol. The second kappa shape index (κ2) is 4.82. The second-order valence-electron chi connectivity index (χ2n) is 2.73. The van der Waals surface area contributed by atoms with Gasteiger partial charge in [-0.25, -0.2) is 0 Å². The fourth-order valence-corrected chi connectivity index (χ4v) is 1.61. The van der Waals surface area contributed by atoms with Crippen LogP contribution in [0.25, 0.3) is 0 Å². The van der Waals surface area contributed by atoms with Crippen molar-refractivity contribution in [3.63, 3.8) is 0 Å². The maximum atomic E-state index is 8.84. The standard InChI is InChI=1S/C9H11Cl2NO/c1-2-8(12-13)6-4-3-5-7(10)9(6)11/h3-5,8,12-13H,2H2,1H3/t8-/m1/s1. The lowest BCUT2D eigenvalue weighted by Gasteiger charge is -2.14. The average Bonchev–Trinajstić information content (AvgIpc) is 2.14. The number of halogens is 2. The van der Waals surface area contributed by atoms with Crippen LogP contribution in [0.4, 0.5) is 0 Å². The van der Waals surface area contributed by atoms with E-state index in [0.29, 0.717) is 10.0 Å². The highest BCUT2D eigenvalue weighted by molar-refractivity contribution is 6.42. The second-order valence-corrected chi connectivity index (χ2v) is 3.52. The van der Waals surface area contributed by atoms with Crippen molar-refractivity contribution in [1.82, 2.24) is 5.48 Å². The Morgan fingerprint density at radius 3 is 2.69 bits per heavy atom. The molecule has 0 amide bonds. The lowest BCUT2D eigenvalue weighted by molar-refractivity contribution is 0.124. The van der Waals surface area contributed by atoms with Crippen molar-refractivity contribution in [2.24, 2.45) is 0 Å². The molecular formula is C9H11Cl2NO. The summed E-state index contributed by atoms with van der Waals surface area (Å²) >= 11 is 11.8. The molecule has 4 heteroatoms. The molecule has 0 aliphatic heterocycles. The molecule has 72 valence electrons. The third kappa shape index (κ3) is 2.35. The summed E-state index contributed by atoms with van der Waals surface area (Å²) in [6.45, 7) is 1.95. The third-order valence-corrected chi connectivity index (χ3v) is 2.75. The summed E-state index contributed by atoms with van der Waals surface area (Å²) in [7, 11) is 0. The number of hydroxylamine groups is 1. The third-order valence-electron chi connectivity index (χ3n) is 1.92. The molecular weight excluding hydrogens is 209 g/mol. The van der Waals surface area contributed by atoms with Crippen LogP contribution in [0.15, 0.2) is 18.2 Å². The summed E-state index contributed by atoms with van der Waals surface area (Å²) in [4.78, 5) is 0. The Morgan fingerprint density at radius 1 is 1.46 bits per heavy atom. The Labute approximate surface area is 87.4 Å². The van der Waals surface area contributed by atoms with Gasteiger partial charge in [0.15, 0.2) is 0 Å². The first-order valence-electron chi connectivity index (χ1n) is 4.04. The van der Waals surface area contributed by atoms with Gasteiger partial charge < -0.3 is 5.21 Å². The molecule has 1 rings (SSSR count). The van der Waals surface area contributed by atoms with Crippen molar-refractivity contribution in [2.75, 3.05) is 0 Å². The van der Waals surface area contributed by atoms with Crippen LogP contribution >= 0.6 is 23.2 Å². The van der Waals surface area contributed by atoms with Crippen molar-refractivity contribution in [2.45, 2.75) is 19.4 Å². The number of hydrogen-bond donors (Lipinski definition) is 2. The van der Waals surface area contributed by atoms with Crippen LogP contribution in [-0.4, -0.2) is 5.21 Å². The normalized spacial score (nSPS) is 12.9. The molecule has 1 aromatic rings. The first kappa shape index (κ1) is 10.8. The molecule has 0 aliphatic carbocycles. The molecule has 0 unspecified atom stereocenters. The molecule has 0 fully saturated rings. The molecule has 1 atom stereocenters. The molecule has 13 heavy (non-hydrogen) atoms. The highest BCUT2D eigenvalue weighted by atomic mass is 35.5. The molecule has 0 aliphatic rings. The van der Waals surface area contributed by atoms with Crippen molar-refractivity contribution in [1.29, 1.82) is 0 Å². The smallest absolute Gasteiger partial charge is 0.0640 e. The fourth-order valence-electron chi connectivity index (χ4n) is 1.17. The van der Waals surface area contributed by atoms with Crippen molar-refractivity contribution >= 4 is 23.2 Å². The lowest BCUT2D eigenvalue weighted by atomic mass is 10.1. The predicted octanol–water partition coefficient (Wildman–Crippen LogP) is 3.42. The molecule has 2 N–H and O–H groups in total. The summed E-state index contributed by atoms with van der Waals surface area (Å²) in [6, 6.07) is 5.21. The zero-order valence-corrected chi connectivity index (χ0v) is 8.73. The highest BCUT2D eigenvalue weighted by Gasteiger charge is 2.12. The minimum atomic E-state index is -0.161. The van der Waals surface area contributed by atoms with Crippen molar-refractivity contribution in [3.05, 3.63) is 33.8 Å². The predicted molar refractivity (Wildman–Crippen MR) is 54.4 cm³/mol. The van der Waals surface area contributed by atoms with Crippen LogP contribution in [0.1, 0.15) is 24.9 Å². The Morgan fingerprint density at radius 2 is 2.15 bits per heavy atom. The lowest BCUT2D eigenvalue weighted by Crippen LogP contribution is -2.16. The molecule has 0 saturated carbocycles. The number of benzene rings is 1. The largest absolute Gasteiger partial charge is 0.316 e. The molecule has 0 heterocycles. The Hall–Kier alpha value is -0.280. The zero-order chi connectivity index (χ0) is 9.84. The van der Waals surface area contributed by atoms with E-state index in [1.54, 1.807) is 6.07 Å². The number of nitrogens with one attached hydrogen (secondary N) is 1. The Balaban J connectivity index is 3.05. The van der Waals surface area contributed by atoms with Gasteiger partial charge in [0.1, 0.15) is 0 Å². The summed E-state index contributed by atoms with van der Waals surface area (Å²) in [5, 5.41) is 9.85. The first-order valence-corrected chi connectivity index (χ1v) is 4.79. The fraction of sp³-hybridized carbons (Fsp3) is 0.333. The van der Waals surface area contributed by atoms with Gasteiger partial charge in [0.2, 0.25) is 0 Å². The van der Waals surface area contributed by atoms with Gasteiger partial charge in [0.05, 0.1) is 16.1 Å². The van der Waals surface area contributed by atoms with E-state index in [1.807, 2.05) is 19.1 Å². The summed E-state index contributed by atoms with van der Waals surface area (Å²) < 4.78 is 0. The first-order chi connectivity index (χ1) is 6.20. The van der Waals surface area contributed by atoms with Gasteiger partial charge in [-0.2, -0.15) is 5.48 Å². The monoisotopic (exact) mass is 219 g/mol. The zero-order valence-electron chi connectivity index (χ0n) is 7.22. The van der Waals surface area contributed by atoms with Gasteiger partial charge in [0, 0.05) is 0 Å². The van der Waals surface area contributed by atoms with Crippen LogP contribution in [0.2, 0.25) is 10.0 Å². The van der Waals surface area contributed by atoms with E-state index in [2.05, 4.69) is 5.48 Å². The maximum absolute atomic E-state index is 8.84. The molecule has 2 nitrogen and oxygen atoms in total. The highest BCUT2D eigenvalue weighted by Crippen LogP contribution is 2.30. The number of hydrogen-bond acceptors (Lipinski definition) is 2. The summed E-state index contributed by atoms with van der Waals surface area (Å²) in [5.74, 6) is 0. The SMILES string of the molecule is CC[C@@H](NO)c1cccc(Cl)c1Cl. The Kier molecular flexibility index (Phi) is 4.00. The summed E-state index contributed by atoms with van der Waals surface area (Å²) in [6.07, 6.45) is 0.747. The topological polar surface area (TPSA) is 32.3 Å². The van der Waals surface area contributed by atoms with E-state index in [4.69, 9.17) is 28.4 Å². The molecule has 0 radical (unpaired) electrons. The molecule has 0 bridgehead atoms. The summed E-state index contributed by atoms with van der Waals surface area (Å²) in [5.41, 5.74) is 3.01. The minimum Gasteiger partial charge on any atom is -0.316 e. The number of rotatable bonds is 3. The van der Waals surface area contributed by atoms with E-state index >= 15 is 0 Å². The van der Waals surface area contributed by atoms with E-state index in [1.165, 1.54) is 0 Å². The van der Waals surface area contributed by atoms with Crippen LogP contribution in [0.3, 0.4) is 0 Å². The van der Waals surface area contributed by atoms with Crippen LogP contribution in [-0.2, 0) is 0 Å². The van der Waals surface area contributed by atoms with Crippen LogP contribution in [0, 0.1) is 0 Å². The van der Waals surface area contributed by atoms with E-state index < -0.39 is 0 Å². The van der Waals surface area contributed by atoms with Crippen molar-refractivity contribution < 1.29 is 5.21 Å². The van der Waals surface area contributed by atoms with Crippen molar-refractivity contribution in [3.8, 4) is 0 Å². The van der Waals surface area contributed by atoms with E-state index in [9.17, 15) is 0 Å². The quantitative estimate of drug-likeness (QED) is 0.765. The van der Waals surface area contributed by atoms with Crippen LogP contribution < -0.4 is 5.48 Å². The van der Waals surface area contributed by atoms with Crippen LogP contribution in [0.5, 0.6) is 0 Å². The van der Waals surface area contributed by atoms with Gasteiger partial charge >= 0.3 is 0 Å².